The number of hydrogen-bond acceptors (Lipinski definition) is 2. The van der Waals surface area contributed by atoms with Crippen molar-refractivity contribution in [2.24, 2.45) is 13.0 Å². The lowest BCUT2D eigenvalue weighted by molar-refractivity contribution is -0.671. The summed E-state index contributed by atoms with van der Waals surface area (Å²) in [7, 11) is 2.03. The van der Waals surface area contributed by atoms with Gasteiger partial charge >= 0.3 is 0 Å². The minimum atomic E-state index is 0. The summed E-state index contributed by atoms with van der Waals surface area (Å²) in [6.45, 7) is 6.82. The number of hydrogen-bond donors (Lipinski definition) is 0. The van der Waals surface area contributed by atoms with Gasteiger partial charge in [0.05, 0.1) is 6.61 Å². The zero-order valence-electron chi connectivity index (χ0n) is 15.3. The fourth-order valence-corrected chi connectivity index (χ4v) is 3.41. The monoisotopic (exact) mass is 452 g/mol. The summed E-state index contributed by atoms with van der Waals surface area (Å²) in [5.41, 5.74) is 2.46. The van der Waals surface area contributed by atoms with Crippen LogP contribution >= 0.6 is 0 Å². The first-order valence-corrected chi connectivity index (χ1v) is 9.11. The number of piperidine rings is 1. The van der Waals surface area contributed by atoms with Crippen molar-refractivity contribution in [2.45, 2.75) is 26.2 Å². The van der Waals surface area contributed by atoms with Gasteiger partial charge in [0, 0.05) is 25.2 Å². The van der Waals surface area contributed by atoms with Crippen LogP contribution in [0.25, 0.3) is 11.1 Å². The second-order valence-electron chi connectivity index (χ2n) is 7.03. The molecule has 1 atom stereocenters. The Morgan fingerprint density at radius 1 is 1.08 bits per heavy atom. The molecule has 1 saturated heterocycles. The molecule has 4 heteroatoms. The number of aromatic nitrogens is 1. The Morgan fingerprint density at radius 2 is 1.76 bits per heavy atom. The van der Waals surface area contributed by atoms with Crippen LogP contribution in [0.15, 0.2) is 48.8 Å². The molecule has 1 aromatic heterocycles. The Morgan fingerprint density at radius 3 is 2.44 bits per heavy atom. The lowest BCUT2D eigenvalue weighted by Crippen LogP contribution is -3.00. The minimum absolute atomic E-state index is 0. The van der Waals surface area contributed by atoms with E-state index in [0.717, 1.165) is 31.2 Å². The first-order valence-electron chi connectivity index (χ1n) is 9.11. The summed E-state index contributed by atoms with van der Waals surface area (Å²) in [5.74, 6) is 1.82. The van der Waals surface area contributed by atoms with Gasteiger partial charge in [0.2, 0.25) is 0 Å². The third-order valence-electron chi connectivity index (χ3n) is 4.79. The molecule has 0 saturated carbocycles. The third kappa shape index (κ3) is 6.26. The maximum atomic E-state index is 5.90. The number of pyridine rings is 1. The van der Waals surface area contributed by atoms with Crippen LogP contribution in [0.4, 0.5) is 0 Å². The van der Waals surface area contributed by atoms with Crippen molar-refractivity contribution in [3.8, 4) is 16.9 Å². The average molecular weight is 452 g/mol. The van der Waals surface area contributed by atoms with Gasteiger partial charge in [-0.15, -0.1) is 0 Å². The van der Waals surface area contributed by atoms with E-state index in [1.165, 1.54) is 37.1 Å². The van der Waals surface area contributed by atoms with Crippen LogP contribution in [0.5, 0.6) is 5.75 Å². The molecule has 3 rings (SSSR count). The van der Waals surface area contributed by atoms with Crippen LogP contribution in [0.2, 0.25) is 0 Å². The highest BCUT2D eigenvalue weighted by Crippen LogP contribution is 2.21. The van der Waals surface area contributed by atoms with Gasteiger partial charge in [-0.3, -0.25) is 0 Å². The van der Waals surface area contributed by atoms with E-state index >= 15 is 0 Å². The van der Waals surface area contributed by atoms with Crippen molar-refractivity contribution in [2.75, 3.05) is 26.2 Å². The molecule has 2 aromatic rings. The third-order valence-corrected chi connectivity index (χ3v) is 4.79. The lowest BCUT2D eigenvalue weighted by Gasteiger charge is -2.30. The second kappa shape index (κ2) is 10.1. The summed E-state index contributed by atoms with van der Waals surface area (Å²) < 4.78 is 7.95. The van der Waals surface area contributed by atoms with Gasteiger partial charge in [0.1, 0.15) is 12.8 Å². The fraction of sp³-hybridized carbons (Fsp3) is 0.476. The largest absolute Gasteiger partial charge is 1.00 e. The molecule has 136 valence electrons. The van der Waals surface area contributed by atoms with Crippen molar-refractivity contribution in [3.63, 3.8) is 0 Å². The predicted molar refractivity (Wildman–Crippen MR) is 98.0 cm³/mol. The Balaban J connectivity index is 0.00000225. The summed E-state index contributed by atoms with van der Waals surface area (Å²) in [6, 6.07) is 12.7. The average Bonchev–Trinajstić information content (AvgIpc) is 2.60. The van der Waals surface area contributed by atoms with E-state index in [4.69, 9.17) is 4.74 Å². The molecule has 1 aliphatic rings. The SMILES string of the molecule is C[C@H]1CCCN(CCCOc2ccc(-c3cc[n+](C)cc3)cc2)C1.[I-]. The van der Waals surface area contributed by atoms with E-state index in [-0.39, 0.29) is 24.0 Å². The van der Waals surface area contributed by atoms with Crippen molar-refractivity contribution < 1.29 is 33.3 Å². The number of aryl methyl sites for hydroxylation is 1. The maximum absolute atomic E-state index is 5.90. The van der Waals surface area contributed by atoms with Gasteiger partial charge in [-0.2, -0.15) is 0 Å². The molecule has 0 radical (unpaired) electrons. The number of halogens is 1. The molecule has 1 aromatic carbocycles. The fourth-order valence-electron chi connectivity index (χ4n) is 3.41. The van der Waals surface area contributed by atoms with Crippen LogP contribution in [0.3, 0.4) is 0 Å². The molecule has 0 bridgehead atoms. The Kier molecular flexibility index (Phi) is 8.16. The van der Waals surface area contributed by atoms with Gasteiger partial charge in [-0.05, 0) is 55.0 Å². The number of nitrogens with zero attached hydrogens (tertiary/aromatic N) is 2. The van der Waals surface area contributed by atoms with Crippen molar-refractivity contribution in [1.82, 2.24) is 4.90 Å². The normalized spacial score (nSPS) is 17.8. The molecule has 1 fully saturated rings. The zero-order chi connectivity index (χ0) is 16.8. The Hall–Kier alpha value is -1.14. The van der Waals surface area contributed by atoms with Gasteiger partial charge in [0.15, 0.2) is 12.4 Å². The van der Waals surface area contributed by atoms with E-state index in [2.05, 4.69) is 60.6 Å². The van der Waals surface area contributed by atoms with Gasteiger partial charge < -0.3 is 33.6 Å². The molecular formula is C21H29IN2O. The first-order chi connectivity index (χ1) is 11.7. The van der Waals surface area contributed by atoms with Gasteiger partial charge in [0.25, 0.3) is 0 Å². The molecule has 0 amide bonds. The second-order valence-corrected chi connectivity index (χ2v) is 7.03. The highest BCUT2D eigenvalue weighted by atomic mass is 127. The summed E-state index contributed by atoms with van der Waals surface area (Å²) >= 11 is 0. The van der Waals surface area contributed by atoms with E-state index < -0.39 is 0 Å². The van der Waals surface area contributed by atoms with Crippen molar-refractivity contribution in [1.29, 1.82) is 0 Å². The van der Waals surface area contributed by atoms with Crippen molar-refractivity contribution >= 4 is 0 Å². The van der Waals surface area contributed by atoms with Crippen LogP contribution in [0.1, 0.15) is 26.2 Å². The topological polar surface area (TPSA) is 16.4 Å². The Labute approximate surface area is 169 Å². The van der Waals surface area contributed by atoms with Crippen molar-refractivity contribution in [3.05, 3.63) is 48.8 Å². The molecule has 1 aliphatic heterocycles. The van der Waals surface area contributed by atoms with E-state index in [1.54, 1.807) is 0 Å². The predicted octanol–water partition coefficient (Wildman–Crippen LogP) is 0.683. The summed E-state index contributed by atoms with van der Waals surface area (Å²) in [6.07, 6.45) is 7.98. The molecule has 0 spiro atoms. The number of ether oxygens (including phenoxy) is 1. The zero-order valence-corrected chi connectivity index (χ0v) is 17.5. The van der Waals surface area contributed by atoms with E-state index in [0.29, 0.717) is 0 Å². The van der Waals surface area contributed by atoms with Gasteiger partial charge in [-0.1, -0.05) is 19.1 Å². The van der Waals surface area contributed by atoms with Crippen LogP contribution in [-0.2, 0) is 7.05 Å². The minimum Gasteiger partial charge on any atom is -1.00 e. The molecule has 25 heavy (non-hydrogen) atoms. The standard InChI is InChI=1S/C21H29N2O.HI/c1-18-5-3-12-23(17-18)13-4-16-24-21-8-6-19(7-9-21)20-10-14-22(2)15-11-20;/h6-11,14-15,18H,3-5,12-13,16-17H2,1-2H3;1H/q+1;/p-1/t18-;/m0./s1. The maximum Gasteiger partial charge on any atom is 0.169 e. The van der Waals surface area contributed by atoms with Crippen LogP contribution < -0.4 is 33.3 Å². The highest BCUT2D eigenvalue weighted by molar-refractivity contribution is 5.63. The highest BCUT2D eigenvalue weighted by Gasteiger charge is 2.15. The van der Waals surface area contributed by atoms with E-state index in [1.807, 2.05) is 11.6 Å². The van der Waals surface area contributed by atoms with Crippen LogP contribution in [0, 0.1) is 5.92 Å². The molecule has 0 N–H and O–H groups in total. The summed E-state index contributed by atoms with van der Waals surface area (Å²) in [4.78, 5) is 2.58. The smallest absolute Gasteiger partial charge is 0.169 e. The number of rotatable bonds is 6. The molecule has 3 nitrogen and oxygen atoms in total. The quantitative estimate of drug-likeness (QED) is 0.364. The summed E-state index contributed by atoms with van der Waals surface area (Å²) in [5, 5.41) is 0. The number of likely N-dealkylation sites (tertiary alicyclic amines) is 1. The van der Waals surface area contributed by atoms with Gasteiger partial charge in [-0.25, -0.2) is 4.57 Å². The lowest BCUT2D eigenvalue weighted by atomic mass is 10.0. The Bertz CT molecular complexity index is 627. The van der Waals surface area contributed by atoms with Crippen LogP contribution in [-0.4, -0.2) is 31.1 Å². The van der Waals surface area contributed by atoms with E-state index in [9.17, 15) is 0 Å². The number of benzene rings is 1. The molecule has 0 unspecified atom stereocenters. The molecule has 2 heterocycles. The molecule has 0 aliphatic carbocycles. The first kappa shape index (κ1) is 20.2. The molecular weight excluding hydrogens is 423 g/mol.